The number of piperidine rings is 1. The molecule has 0 bridgehead atoms. The Morgan fingerprint density at radius 1 is 1.15 bits per heavy atom. The number of likely N-dealkylation sites (N-methyl/N-ethyl adjacent to an activating group) is 1. The molecule has 144 valence electrons. The maximum Gasteiger partial charge on any atom is 0.254 e. The highest BCUT2D eigenvalue weighted by molar-refractivity contribution is 5.95. The number of methoxy groups -OCH3 is 2. The first kappa shape index (κ1) is 20.0. The molecule has 1 fully saturated rings. The van der Waals surface area contributed by atoms with Crippen LogP contribution >= 0.6 is 0 Å². The minimum atomic E-state index is -0.0649. The van der Waals surface area contributed by atoms with Crippen LogP contribution in [0.1, 0.15) is 30.1 Å². The molecule has 2 amide bonds. The fourth-order valence-corrected chi connectivity index (χ4v) is 2.96. The van der Waals surface area contributed by atoms with Gasteiger partial charge in [-0.05, 0) is 38.9 Å². The summed E-state index contributed by atoms with van der Waals surface area (Å²) in [4.78, 5) is 26.8. The number of carbonyl (C=O) groups excluding carboxylic acids is 2. The quantitative estimate of drug-likeness (QED) is 0.763. The summed E-state index contributed by atoms with van der Waals surface area (Å²) < 4.78 is 10.5. The first-order valence-corrected chi connectivity index (χ1v) is 8.95. The third-order valence-electron chi connectivity index (χ3n) is 4.83. The van der Waals surface area contributed by atoms with Gasteiger partial charge in [0.2, 0.25) is 5.91 Å². The number of benzene rings is 1. The average Bonchev–Trinajstić information content (AvgIpc) is 2.70. The van der Waals surface area contributed by atoms with E-state index >= 15 is 0 Å². The Kier molecular flexibility index (Phi) is 7.26. The third-order valence-corrected chi connectivity index (χ3v) is 4.83. The highest BCUT2D eigenvalue weighted by Gasteiger charge is 2.28. The zero-order valence-corrected chi connectivity index (χ0v) is 16.0. The van der Waals surface area contributed by atoms with E-state index in [2.05, 4.69) is 10.6 Å². The van der Waals surface area contributed by atoms with E-state index in [4.69, 9.17) is 9.47 Å². The largest absolute Gasteiger partial charge is 0.497 e. The van der Waals surface area contributed by atoms with Crippen molar-refractivity contribution < 1.29 is 19.1 Å². The molecule has 7 nitrogen and oxygen atoms in total. The minimum Gasteiger partial charge on any atom is -0.497 e. The van der Waals surface area contributed by atoms with Gasteiger partial charge >= 0.3 is 0 Å². The SMILES string of the molecule is CNC(C)CNC(=O)C1CCN(C(=O)c2cc(OC)cc(OC)c2)CC1. The topological polar surface area (TPSA) is 79.9 Å². The average molecular weight is 363 g/mol. The molecule has 1 saturated heterocycles. The molecular weight excluding hydrogens is 334 g/mol. The van der Waals surface area contributed by atoms with Gasteiger partial charge in [-0.25, -0.2) is 0 Å². The molecule has 2 N–H and O–H groups in total. The summed E-state index contributed by atoms with van der Waals surface area (Å²) in [5.74, 6) is 1.14. The number of hydrogen-bond donors (Lipinski definition) is 2. The fraction of sp³-hybridized carbons (Fsp3) is 0.579. The Labute approximate surface area is 155 Å². The molecule has 26 heavy (non-hydrogen) atoms. The van der Waals surface area contributed by atoms with E-state index in [1.807, 2.05) is 14.0 Å². The highest BCUT2D eigenvalue weighted by atomic mass is 16.5. The van der Waals surface area contributed by atoms with Crippen LogP contribution in [-0.4, -0.2) is 63.7 Å². The van der Waals surface area contributed by atoms with Crippen molar-refractivity contribution in [3.63, 3.8) is 0 Å². The van der Waals surface area contributed by atoms with Gasteiger partial charge in [-0.15, -0.1) is 0 Å². The van der Waals surface area contributed by atoms with Crippen LogP contribution in [0.2, 0.25) is 0 Å². The molecular formula is C19H29N3O4. The zero-order valence-electron chi connectivity index (χ0n) is 16.0. The van der Waals surface area contributed by atoms with Gasteiger partial charge in [-0.3, -0.25) is 9.59 Å². The van der Waals surface area contributed by atoms with E-state index in [-0.39, 0.29) is 23.8 Å². The molecule has 7 heteroatoms. The van der Waals surface area contributed by atoms with Crippen LogP contribution in [0.5, 0.6) is 11.5 Å². The molecule has 0 spiro atoms. The first-order chi connectivity index (χ1) is 12.5. The monoisotopic (exact) mass is 363 g/mol. The summed E-state index contributed by atoms with van der Waals surface area (Å²) in [6, 6.07) is 5.40. The summed E-state index contributed by atoms with van der Waals surface area (Å²) >= 11 is 0. The van der Waals surface area contributed by atoms with E-state index in [9.17, 15) is 9.59 Å². The second-order valence-corrected chi connectivity index (χ2v) is 6.60. The van der Waals surface area contributed by atoms with Crippen molar-refractivity contribution in [3.05, 3.63) is 23.8 Å². The molecule has 1 aliphatic rings. The normalized spacial score (nSPS) is 16.1. The van der Waals surface area contributed by atoms with Gasteiger partial charge in [-0.2, -0.15) is 0 Å². The number of amides is 2. The smallest absolute Gasteiger partial charge is 0.254 e. The third kappa shape index (κ3) is 5.11. The fourth-order valence-electron chi connectivity index (χ4n) is 2.96. The lowest BCUT2D eigenvalue weighted by atomic mass is 9.95. The maximum absolute atomic E-state index is 12.8. The Morgan fingerprint density at radius 3 is 2.23 bits per heavy atom. The van der Waals surface area contributed by atoms with Crippen LogP contribution in [0.25, 0.3) is 0 Å². The van der Waals surface area contributed by atoms with Crippen LogP contribution in [0.4, 0.5) is 0 Å². The predicted molar refractivity (Wildman–Crippen MR) is 99.7 cm³/mol. The highest BCUT2D eigenvalue weighted by Crippen LogP contribution is 2.25. The lowest BCUT2D eigenvalue weighted by Crippen LogP contribution is -2.45. The molecule has 0 radical (unpaired) electrons. The summed E-state index contributed by atoms with van der Waals surface area (Å²) in [7, 11) is 4.98. The first-order valence-electron chi connectivity index (χ1n) is 8.95. The molecule has 0 aromatic heterocycles. The lowest BCUT2D eigenvalue weighted by molar-refractivity contribution is -0.126. The molecule has 1 atom stereocenters. The Morgan fingerprint density at radius 2 is 1.73 bits per heavy atom. The van der Waals surface area contributed by atoms with Gasteiger partial charge in [0.25, 0.3) is 5.91 Å². The van der Waals surface area contributed by atoms with Crippen LogP contribution in [-0.2, 0) is 4.79 Å². The van der Waals surface area contributed by atoms with Crippen molar-refractivity contribution >= 4 is 11.8 Å². The van der Waals surface area contributed by atoms with Gasteiger partial charge < -0.3 is 25.0 Å². The molecule has 1 aromatic carbocycles. The molecule has 1 heterocycles. The minimum absolute atomic E-state index is 0.0389. The van der Waals surface area contributed by atoms with Crippen molar-refractivity contribution in [2.45, 2.75) is 25.8 Å². The van der Waals surface area contributed by atoms with Crippen molar-refractivity contribution in [1.82, 2.24) is 15.5 Å². The molecule has 1 aromatic rings. The van der Waals surface area contributed by atoms with Crippen LogP contribution in [0, 0.1) is 5.92 Å². The summed E-state index contributed by atoms with van der Waals surface area (Å²) in [5.41, 5.74) is 0.534. The summed E-state index contributed by atoms with van der Waals surface area (Å²) in [5, 5.41) is 6.06. The number of hydrogen-bond acceptors (Lipinski definition) is 5. The van der Waals surface area contributed by atoms with Crippen molar-refractivity contribution in [2.24, 2.45) is 5.92 Å². The number of nitrogens with one attached hydrogen (secondary N) is 2. The molecule has 2 rings (SSSR count). The number of ether oxygens (including phenoxy) is 2. The maximum atomic E-state index is 12.8. The number of carbonyl (C=O) groups is 2. The van der Waals surface area contributed by atoms with Crippen molar-refractivity contribution in [3.8, 4) is 11.5 Å². The van der Waals surface area contributed by atoms with Gasteiger partial charge in [0.05, 0.1) is 14.2 Å². The van der Waals surface area contributed by atoms with E-state index in [1.165, 1.54) is 0 Å². The van der Waals surface area contributed by atoms with Gasteiger partial charge in [-0.1, -0.05) is 0 Å². The standard InChI is InChI=1S/C19H29N3O4/c1-13(20-2)12-21-18(23)14-5-7-22(8-6-14)19(24)15-9-16(25-3)11-17(10-15)26-4/h9-11,13-14,20H,5-8,12H2,1-4H3,(H,21,23). The van der Waals surface area contributed by atoms with Crippen LogP contribution in [0.3, 0.4) is 0 Å². The molecule has 0 aliphatic carbocycles. The molecule has 0 saturated carbocycles. The van der Waals surface area contributed by atoms with E-state index < -0.39 is 0 Å². The van der Waals surface area contributed by atoms with Gasteiger partial charge in [0.15, 0.2) is 0 Å². The van der Waals surface area contributed by atoms with Crippen LogP contribution < -0.4 is 20.1 Å². The Balaban J connectivity index is 1.93. The number of rotatable bonds is 7. The lowest BCUT2D eigenvalue weighted by Gasteiger charge is -2.31. The van der Waals surface area contributed by atoms with E-state index in [1.54, 1.807) is 37.3 Å². The molecule has 1 aliphatic heterocycles. The van der Waals surface area contributed by atoms with Crippen molar-refractivity contribution in [1.29, 1.82) is 0 Å². The van der Waals surface area contributed by atoms with Crippen molar-refractivity contribution in [2.75, 3.05) is 40.9 Å². The second-order valence-electron chi connectivity index (χ2n) is 6.60. The summed E-state index contributed by atoms with van der Waals surface area (Å²) in [6.07, 6.45) is 1.35. The second kappa shape index (κ2) is 9.43. The van der Waals surface area contributed by atoms with E-state index in [0.29, 0.717) is 49.5 Å². The Hall–Kier alpha value is -2.28. The number of likely N-dealkylation sites (tertiary alicyclic amines) is 1. The van der Waals surface area contributed by atoms with E-state index in [0.717, 1.165) is 0 Å². The van der Waals surface area contributed by atoms with Gasteiger partial charge in [0, 0.05) is 43.2 Å². The summed E-state index contributed by atoms with van der Waals surface area (Å²) in [6.45, 7) is 3.76. The Bertz CT molecular complexity index is 605. The van der Waals surface area contributed by atoms with Gasteiger partial charge in [0.1, 0.15) is 11.5 Å². The molecule has 1 unspecified atom stereocenters. The zero-order chi connectivity index (χ0) is 19.1. The van der Waals surface area contributed by atoms with Crippen LogP contribution in [0.15, 0.2) is 18.2 Å². The predicted octanol–water partition coefficient (Wildman–Crippen LogP) is 1.28. The number of nitrogens with zero attached hydrogens (tertiary/aromatic N) is 1.